The summed E-state index contributed by atoms with van der Waals surface area (Å²) in [6, 6.07) is 0. The second kappa shape index (κ2) is 35.0. The quantitative estimate of drug-likeness (QED) is 0.0219. The predicted octanol–water partition coefficient (Wildman–Crippen LogP) is 11.4. The summed E-state index contributed by atoms with van der Waals surface area (Å²) in [5, 5.41) is 0. The van der Waals surface area contributed by atoms with Crippen LogP contribution in [0, 0.1) is 0 Å². The predicted molar refractivity (Wildman–Crippen MR) is 215 cm³/mol. The van der Waals surface area contributed by atoms with Crippen LogP contribution in [0.15, 0.2) is 36.5 Å². The Morgan fingerprint density at radius 1 is 0.596 bits per heavy atom. The maximum Gasteiger partial charge on any atom is 0.472 e. The highest BCUT2D eigenvalue weighted by Crippen LogP contribution is 2.43. The second-order valence-corrected chi connectivity index (χ2v) is 16.5. The summed E-state index contributed by atoms with van der Waals surface area (Å²) < 4.78 is 34.1. The molecule has 0 aliphatic heterocycles. The molecule has 0 heterocycles. The highest BCUT2D eigenvalue weighted by atomic mass is 31.2. The summed E-state index contributed by atoms with van der Waals surface area (Å²) in [5.74, 6) is -0.885. The number of likely N-dealkylation sites (N-methyl/N-ethyl adjacent to an activating group) is 1. The van der Waals surface area contributed by atoms with Crippen LogP contribution in [0.4, 0.5) is 0 Å². The van der Waals surface area contributed by atoms with Gasteiger partial charge in [0.05, 0.1) is 27.7 Å². The Bertz CT molecular complexity index is 991. The van der Waals surface area contributed by atoms with Crippen molar-refractivity contribution in [2.24, 2.45) is 0 Å². The van der Waals surface area contributed by atoms with Crippen LogP contribution in [0.3, 0.4) is 0 Å². The van der Waals surface area contributed by atoms with Gasteiger partial charge < -0.3 is 18.9 Å². The average Bonchev–Trinajstić information content (AvgIpc) is 3.09. The molecule has 0 bridgehead atoms. The van der Waals surface area contributed by atoms with Crippen molar-refractivity contribution in [2.75, 3.05) is 47.5 Å². The van der Waals surface area contributed by atoms with Crippen LogP contribution < -0.4 is 0 Å². The van der Waals surface area contributed by atoms with E-state index < -0.39 is 26.5 Å². The number of hydrogen-bond acceptors (Lipinski definition) is 7. The molecule has 0 amide bonds. The summed E-state index contributed by atoms with van der Waals surface area (Å²) in [4.78, 5) is 35.2. The molecule has 0 aromatic rings. The molecule has 1 N–H and O–H groups in total. The Hall–Kier alpha value is -1.77. The topological polar surface area (TPSA) is 108 Å². The third-order valence-electron chi connectivity index (χ3n) is 8.69. The summed E-state index contributed by atoms with van der Waals surface area (Å²) in [6.07, 6.45) is 37.8. The number of esters is 2. The minimum atomic E-state index is -4.38. The van der Waals surface area contributed by atoms with E-state index in [2.05, 4.69) is 38.2 Å². The molecule has 9 nitrogen and oxygen atoms in total. The van der Waals surface area contributed by atoms with Gasteiger partial charge in [0.2, 0.25) is 0 Å². The molecule has 0 saturated heterocycles. The van der Waals surface area contributed by atoms with Crippen LogP contribution in [-0.4, -0.2) is 74.9 Å². The van der Waals surface area contributed by atoms with Crippen molar-refractivity contribution in [3.8, 4) is 0 Å². The van der Waals surface area contributed by atoms with E-state index >= 15 is 0 Å². The minimum Gasteiger partial charge on any atom is -0.462 e. The Morgan fingerprint density at radius 2 is 1.08 bits per heavy atom. The molecule has 0 spiro atoms. The van der Waals surface area contributed by atoms with Gasteiger partial charge in [-0.2, -0.15) is 0 Å². The van der Waals surface area contributed by atoms with Crippen LogP contribution in [0.5, 0.6) is 0 Å². The molecule has 0 aliphatic rings. The Morgan fingerprint density at radius 3 is 1.62 bits per heavy atom. The van der Waals surface area contributed by atoms with Crippen LogP contribution in [0.1, 0.15) is 168 Å². The molecule has 2 atom stereocenters. The van der Waals surface area contributed by atoms with E-state index in [-0.39, 0.29) is 32.0 Å². The van der Waals surface area contributed by atoms with E-state index in [1.165, 1.54) is 96.3 Å². The van der Waals surface area contributed by atoms with Crippen molar-refractivity contribution in [2.45, 2.75) is 174 Å². The molecular formula is C42H79NO8P+. The van der Waals surface area contributed by atoms with Gasteiger partial charge in [0.15, 0.2) is 6.10 Å². The van der Waals surface area contributed by atoms with E-state index in [9.17, 15) is 19.0 Å². The number of unbranched alkanes of at least 4 members (excludes halogenated alkanes) is 17. The van der Waals surface area contributed by atoms with E-state index in [1.54, 1.807) is 0 Å². The van der Waals surface area contributed by atoms with E-state index in [0.717, 1.165) is 38.5 Å². The zero-order valence-electron chi connectivity index (χ0n) is 34.0. The molecule has 0 rings (SSSR count). The fraction of sp³-hybridized carbons (Fsp3) is 0.810. The molecule has 0 fully saturated rings. The summed E-state index contributed by atoms with van der Waals surface area (Å²) >= 11 is 0. The van der Waals surface area contributed by atoms with Crippen molar-refractivity contribution in [1.29, 1.82) is 0 Å². The molecule has 0 aliphatic carbocycles. The SMILES string of the molecule is CCCCCCC/C=C\C/C=C\C/C=C\CCC(=O)OC(COC(=O)CCCCCCCCCCCCCCC)COP(=O)(O)OCC[N+](C)(C)C. The third kappa shape index (κ3) is 38.0. The first-order valence-corrected chi connectivity index (χ1v) is 22.2. The van der Waals surface area contributed by atoms with Gasteiger partial charge in [0.1, 0.15) is 19.8 Å². The summed E-state index contributed by atoms with van der Waals surface area (Å²) in [6.45, 7) is 4.33. The highest BCUT2D eigenvalue weighted by Gasteiger charge is 2.27. The third-order valence-corrected chi connectivity index (χ3v) is 9.67. The molecule has 10 heteroatoms. The maximum absolute atomic E-state index is 12.6. The summed E-state index contributed by atoms with van der Waals surface area (Å²) in [5.41, 5.74) is 0. The van der Waals surface area contributed by atoms with Gasteiger partial charge in [-0.3, -0.25) is 18.6 Å². The molecule has 304 valence electrons. The van der Waals surface area contributed by atoms with Gasteiger partial charge in [0, 0.05) is 12.8 Å². The molecule has 52 heavy (non-hydrogen) atoms. The summed E-state index contributed by atoms with van der Waals surface area (Å²) in [7, 11) is 1.44. The zero-order chi connectivity index (χ0) is 38.6. The number of carbonyl (C=O) groups excluding carboxylic acids is 2. The normalized spacial score (nSPS) is 14.0. The Labute approximate surface area is 319 Å². The highest BCUT2D eigenvalue weighted by molar-refractivity contribution is 7.47. The van der Waals surface area contributed by atoms with E-state index in [1.807, 2.05) is 33.3 Å². The lowest BCUT2D eigenvalue weighted by atomic mass is 10.0. The van der Waals surface area contributed by atoms with Gasteiger partial charge >= 0.3 is 19.8 Å². The number of rotatable bonds is 37. The van der Waals surface area contributed by atoms with Crippen molar-refractivity contribution in [1.82, 2.24) is 0 Å². The molecule has 2 unspecified atom stereocenters. The molecular weight excluding hydrogens is 677 g/mol. The number of quaternary nitrogens is 1. The van der Waals surface area contributed by atoms with Crippen molar-refractivity contribution in [3.05, 3.63) is 36.5 Å². The maximum atomic E-state index is 12.6. The lowest BCUT2D eigenvalue weighted by molar-refractivity contribution is -0.870. The first-order chi connectivity index (χ1) is 25.0. The average molecular weight is 757 g/mol. The monoisotopic (exact) mass is 757 g/mol. The number of hydrogen-bond donors (Lipinski definition) is 1. The van der Waals surface area contributed by atoms with Crippen LogP contribution in [0.2, 0.25) is 0 Å². The van der Waals surface area contributed by atoms with E-state index in [4.69, 9.17) is 18.5 Å². The molecule has 0 saturated carbocycles. The number of phosphoric ester groups is 1. The van der Waals surface area contributed by atoms with E-state index in [0.29, 0.717) is 17.4 Å². The second-order valence-electron chi connectivity index (χ2n) is 15.0. The van der Waals surface area contributed by atoms with Gasteiger partial charge in [-0.25, -0.2) is 4.57 Å². The minimum absolute atomic E-state index is 0.0211. The zero-order valence-corrected chi connectivity index (χ0v) is 34.9. The largest absolute Gasteiger partial charge is 0.472 e. The number of allylic oxidation sites excluding steroid dienone is 6. The van der Waals surface area contributed by atoms with Gasteiger partial charge in [0.25, 0.3) is 0 Å². The number of nitrogens with zero attached hydrogens (tertiary/aromatic N) is 1. The van der Waals surface area contributed by atoms with Crippen LogP contribution >= 0.6 is 7.82 Å². The Kier molecular flexibility index (Phi) is 33.8. The fourth-order valence-electron chi connectivity index (χ4n) is 5.40. The smallest absolute Gasteiger partial charge is 0.462 e. The Balaban J connectivity index is 4.50. The van der Waals surface area contributed by atoms with Crippen molar-refractivity contribution in [3.63, 3.8) is 0 Å². The standard InChI is InChI=1S/C42H78NO8P/c1-6-8-10-12-14-16-18-20-21-23-25-27-29-31-33-35-42(45)51-40(39-50-52(46,47)49-37-36-43(3,4)5)38-48-41(44)34-32-30-28-26-24-22-19-17-15-13-11-9-7-2/h18,20,23,25,29,31,40H,6-17,19,21-22,24,26-28,30,32-39H2,1-5H3/p+1/b20-18-,25-23-,31-29-. The fourth-order valence-corrected chi connectivity index (χ4v) is 6.14. The van der Waals surface area contributed by atoms with Gasteiger partial charge in [-0.15, -0.1) is 0 Å². The van der Waals surface area contributed by atoms with Crippen LogP contribution in [0.25, 0.3) is 0 Å². The molecule has 0 aromatic heterocycles. The van der Waals surface area contributed by atoms with Crippen molar-refractivity contribution >= 4 is 19.8 Å². The molecule has 0 radical (unpaired) electrons. The molecule has 0 aromatic carbocycles. The first-order valence-electron chi connectivity index (χ1n) is 20.7. The number of carbonyl (C=O) groups is 2. The first kappa shape index (κ1) is 50.2. The van der Waals surface area contributed by atoms with Gasteiger partial charge in [-0.1, -0.05) is 153 Å². The lowest BCUT2D eigenvalue weighted by Crippen LogP contribution is -2.37. The van der Waals surface area contributed by atoms with Crippen molar-refractivity contribution < 1.29 is 42.1 Å². The van der Waals surface area contributed by atoms with Gasteiger partial charge in [-0.05, 0) is 38.5 Å². The lowest BCUT2D eigenvalue weighted by Gasteiger charge is -2.24. The number of phosphoric acid groups is 1. The number of ether oxygens (including phenoxy) is 2. The van der Waals surface area contributed by atoms with Crippen LogP contribution in [-0.2, 0) is 32.7 Å².